The van der Waals surface area contributed by atoms with Crippen molar-refractivity contribution in [2.75, 3.05) is 24.2 Å². The quantitative estimate of drug-likeness (QED) is 0.646. The fourth-order valence-electron chi connectivity index (χ4n) is 3.05. The summed E-state index contributed by atoms with van der Waals surface area (Å²) in [6.45, 7) is 5.86. The van der Waals surface area contributed by atoms with Crippen LogP contribution in [0.2, 0.25) is 0 Å². The van der Waals surface area contributed by atoms with Crippen molar-refractivity contribution in [2.45, 2.75) is 44.2 Å². The van der Waals surface area contributed by atoms with Gasteiger partial charge in [-0.1, -0.05) is 13.0 Å². The first-order chi connectivity index (χ1) is 11.7. The van der Waals surface area contributed by atoms with Gasteiger partial charge >= 0.3 is 6.18 Å². The van der Waals surface area contributed by atoms with E-state index in [1.54, 1.807) is 18.2 Å². The molecule has 26 heavy (non-hydrogen) atoms. The summed E-state index contributed by atoms with van der Waals surface area (Å²) in [7, 11) is 0. The molecule has 1 aliphatic heterocycles. The van der Waals surface area contributed by atoms with Gasteiger partial charge in [-0.2, -0.15) is 13.2 Å². The number of nitrogens with one attached hydrogen (secondary N) is 2. The monoisotopic (exact) mass is 410 g/mol. The van der Waals surface area contributed by atoms with Gasteiger partial charge in [0.2, 0.25) is 5.91 Å². The fraction of sp³-hybridized carbons (Fsp3) is 0.611. The van der Waals surface area contributed by atoms with Crippen molar-refractivity contribution in [1.29, 1.82) is 0 Å². The molecule has 1 fully saturated rings. The number of benzene rings is 1. The van der Waals surface area contributed by atoms with Crippen LogP contribution in [0.3, 0.4) is 0 Å². The van der Waals surface area contributed by atoms with Gasteiger partial charge in [0, 0.05) is 11.3 Å². The number of rotatable bonds is 6. The molecular weight excluding hydrogens is 385 g/mol. The number of thioether (sulfide) groups is 1. The number of anilines is 1. The third kappa shape index (κ3) is 7.76. The van der Waals surface area contributed by atoms with Gasteiger partial charge in [-0.3, -0.25) is 4.79 Å². The Bertz CT molecular complexity index is 592. The lowest BCUT2D eigenvalue weighted by Crippen LogP contribution is -2.34. The minimum absolute atomic E-state index is 0. The molecule has 0 radical (unpaired) electrons. The molecule has 1 saturated heterocycles. The molecule has 148 valence electrons. The van der Waals surface area contributed by atoms with Crippen molar-refractivity contribution in [3.63, 3.8) is 0 Å². The van der Waals surface area contributed by atoms with Crippen LogP contribution >= 0.6 is 24.2 Å². The van der Waals surface area contributed by atoms with Crippen molar-refractivity contribution in [1.82, 2.24) is 5.32 Å². The van der Waals surface area contributed by atoms with Crippen molar-refractivity contribution < 1.29 is 18.0 Å². The van der Waals surface area contributed by atoms with E-state index < -0.39 is 11.9 Å². The summed E-state index contributed by atoms with van der Waals surface area (Å²) in [4.78, 5) is 12.8. The third-order valence-corrected chi connectivity index (χ3v) is 5.59. The maximum Gasteiger partial charge on any atom is 0.398 e. The molecule has 0 spiro atoms. The first-order valence-electron chi connectivity index (χ1n) is 8.55. The van der Waals surface area contributed by atoms with Crippen LogP contribution in [0, 0.1) is 18.8 Å². The Kier molecular flexibility index (Phi) is 9.27. The number of halogens is 4. The van der Waals surface area contributed by atoms with E-state index in [0.29, 0.717) is 34.7 Å². The Morgan fingerprint density at radius 2 is 2.15 bits per heavy atom. The van der Waals surface area contributed by atoms with Crippen LogP contribution < -0.4 is 10.6 Å². The Labute approximate surface area is 163 Å². The molecule has 0 bridgehead atoms. The number of carbonyl (C=O) groups is 1. The molecule has 1 aromatic rings. The van der Waals surface area contributed by atoms with Gasteiger partial charge < -0.3 is 10.6 Å². The van der Waals surface area contributed by atoms with Crippen LogP contribution in [-0.4, -0.2) is 30.9 Å². The largest absolute Gasteiger partial charge is 0.398 e. The average molecular weight is 411 g/mol. The van der Waals surface area contributed by atoms with E-state index >= 15 is 0 Å². The zero-order valence-corrected chi connectivity index (χ0v) is 16.6. The average Bonchev–Trinajstić information content (AvgIpc) is 2.54. The number of amides is 1. The second-order valence-corrected chi connectivity index (χ2v) is 7.76. The van der Waals surface area contributed by atoms with Gasteiger partial charge in [-0.25, -0.2) is 0 Å². The highest BCUT2D eigenvalue weighted by Crippen LogP contribution is 2.33. The van der Waals surface area contributed by atoms with Crippen LogP contribution in [0.1, 0.15) is 31.7 Å². The van der Waals surface area contributed by atoms with Gasteiger partial charge in [0.1, 0.15) is 0 Å². The molecule has 0 aromatic heterocycles. The van der Waals surface area contributed by atoms with E-state index in [1.807, 2.05) is 6.92 Å². The molecule has 2 rings (SSSR count). The molecule has 1 aliphatic rings. The topological polar surface area (TPSA) is 41.1 Å². The van der Waals surface area contributed by atoms with E-state index in [2.05, 4.69) is 17.6 Å². The molecule has 0 aliphatic carbocycles. The van der Waals surface area contributed by atoms with Gasteiger partial charge in [0.05, 0.1) is 11.4 Å². The van der Waals surface area contributed by atoms with Gasteiger partial charge in [-0.05, 0) is 62.4 Å². The SMILES string of the molecule is Cc1ccc(SCC(F)(F)F)c(NC(=O)CC(C)C2CCCNC2)c1.Cl. The van der Waals surface area contributed by atoms with Crippen molar-refractivity contribution in [3.8, 4) is 0 Å². The Morgan fingerprint density at radius 3 is 2.77 bits per heavy atom. The Morgan fingerprint density at radius 1 is 1.42 bits per heavy atom. The smallest absolute Gasteiger partial charge is 0.325 e. The molecular formula is C18H26ClF3N2OS. The van der Waals surface area contributed by atoms with Crippen molar-refractivity contribution in [3.05, 3.63) is 23.8 Å². The highest BCUT2D eigenvalue weighted by atomic mass is 35.5. The van der Waals surface area contributed by atoms with Gasteiger partial charge in [0.15, 0.2) is 0 Å². The van der Waals surface area contributed by atoms with Crippen molar-refractivity contribution >= 4 is 35.8 Å². The second-order valence-electron chi connectivity index (χ2n) is 6.74. The van der Waals surface area contributed by atoms with Crippen LogP contribution in [0.15, 0.2) is 23.1 Å². The summed E-state index contributed by atoms with van der Waals surface area (Å²) in [5.41, 5.74) is 1.37. The van der Waals surface area contributed by atoms with Crippen LogP contribution in [0.4, 0.5) is 18.9 Å². The predicted octanol–water partition coefficient (Wildman–Crippen LogP) is 5.04. The van der Waals surface area contributed by atoms with E-state index in [1.165, 1.54) is 0 Å². The standard InChI is InChI=1S/C18H25F3N2OS.ClH/c1-12-5-6-16(25-11-18(19,20)21)15(8-12)23-17(24)9-13(2)14-4-3-7-22-10-14;/h5-6,8,13-14,22H,3-4,7,9-11H2,1-2H3,(H,23,24);1H. The van der Waals surface area contributed by atoms with Crippen LogP contribution in [-0.2, 0) is 4.79 Å². The van der Waals surface area contributed by atoms with E-state index in [-0.39, 0.29) is 24.2 Å². The minimum Gasteiger partial charge on any atom is -0.325 e. The molecule has 2 N–H and O–H groups in total. The summed E-state index contributed by atoms with van der Waals surface area (Å²) in [6.07, 6.45) is -1.63. The molecule has 0 saturated carbocycles. The summed E-state index contributed by atoms with van der Waals surface area (Å²) >= 11 is 0.702. The zero-order valence-electron chi connectivity index (χ0n) is 15.0. The molecule has 2 atom stereocenters. The highest BCUT2D eigenvalue weighted by Gasteiger charge is 2.28. The summed E-state index contributed by atoms with van der Waals surface area (Å²) in [5, 5.41) is 6.15. The number of aryl methyl sites for hydroxylation is 1. The molecule has 1 amide bonds. The summed E-state index contributed by atoms with van der Waals surface area (Å²) in [6, 6.07) is 5.12. The van der Waals surface area contributed by atoms with Gasteiger partial charge in [0.25, 0.3) is 0 Å². The zero-order chi connectivity index (χ0) is 18.4. The third-order valence-electron chi connectivity index (χ3n) is 4.45. The normalized spacial score (nSPS) is 18.7. The fourth-order valence-corrected chi connectivity index (χ4v) is 3.80. The lowest BCUT2D eigenvalue weighted by molar-refractivity contribution is -0.117. The maximum absolute atomic E-state index is 12.5. The lowest BCUT2D eigenvalue weighted by Gasteiger charge is -2.28. The van der Waals surface area contributed by atoms with Crippen molar-refractivity contribution in [2.24, 2.45) is 11.8 Å². The number of hydrogen-bond acceptors (Lipinski definition) is 3. The maximum atomic E-state index is 12.5. The van der Waals surface area contributed by atoms with E-state index in [9.17, 15) is 18.0 Å². The van der Waals surface area contributed by atoms with Crippen LogP contribution in [0.25, 0.3) is 0 Å². The summed E-state index contributed by atoms with van der Waals surface area (Å²) in [5.74, 6) is -0.402. The summed E-state index contributed by atoms with van der Waals surface area (Å²) < 4.78 is 37.4. The molecule has 8 heteroatoms. The first kappa shape index (κ1) is 23.1. The second kappa shape index (κ2) is 10.4. The lowest BCUT2D eigenvalue weighted by atomic mass is 9.85. The number of hydrogen-bond donors (Lipinski definition) is 2. The van der Waals surface area contributed by atoms with E-state index in [4.69, 9.17) is 0 Å². The van der Waals surface area contributed by atoms with Crippen LogP contribution in [0.5, 0.6) is 0 Å². The first-order valence-corrected chi connectivity index (χ1v) is 9.54. The number of carbonyl (C=O) groups excluding carboxylic acids is 1. The minimum atomic E-state index is -4.24. The molecule has 3 nitrogen and oxygen atoms in total. The number of piperidine rings is 1. The molecule has 1 aromatic carbocycles. The highest BCUT2D eigenvalue weighted by molar-refractivity contribution is 7.99. The van der Waals surface area contributed by atoms with Gasteiger partial charge in [-0.15, -0.1) is 24.2 Å². The predicted molar refractivity (Wildman–Crippen MR) is 103 cm³/mol. The molecule has 1 heterocycles. The Balaban J connectivity index is 0.00000338. The van der Waals surface area contributed by atoms with E-state index in [0.717, 1.165) is 31.5 Å². The number of alkyl halides is 3. The Hall–Kier alpha value is -0.920. The molecule has 2 unspecified atom stereocenters.